The maximum Gasteiger partial charge on any atom is 0.328 e. The lowest BCUT2D eigenvalue weighted by atomic mass is 10.3. The van der Waals surface area contributed by atoms with E-state index in [9.17, 15) is 4.79 Å². The van der Waals surface area contributed by atoms with E-state index in [1.165, 1.54) is 18.5 Å². The molecule has 1 aromatic heterocycles. The van der Waals surface area contributed by atoms with Crippen LogP contribution < -0.4 is 4.74 Å². The normalized spacial score (nSPS) is 10.7. The van der Waals surface area contributed by atoms with Crippen LogP contribution in [0.2, 0.25) is 0 Å². The zero-order valence-electron chi connectivity index (χ0n) is 10.7. The molecule has 6 heteroatoms. The molecule has 102 valence electrons. The summed E-state index contributed by atoms with van der Waals surface area (Å²) >= 11 is 1.65. The molecule has 1 heterocycles. The van der Waals surface area contributed by atoms with Crippen LogP contribution >= 0.6 is 11.8 Å². The maximum absolute atomic E-state index is 10.4. The van der Waals surface area contributed by atoms with Crippen molar-refractivity contribution in [3.8, 4) is 11.8 Å². The van der Waals surface area contributed by atoms with Crippen molar-refractivity contribution in [2.75, 3.05) is 6.26 Å². The Morgan fingerprint density at radius 1 is 1.25 bits per heavy atom. The van der Waals surface area contributed by atoms with Crippen LogP contribution in [-0.4, -0.2) is 27.3 Å². The fraction of sp³-hybridized carbons (Fsp3) is 0.0714. The Balaban J connectivity index is 2.04. The summed E-state index contributed by atoms with van der Waals surface area (Å²) in [6.45, 7) is 0. The van der Waals surface area contributed by atoms with Crippen LogP contribution in [0.4, 0.5) is 0 Å². The number of carboxylic acid groups (broad SMARTS) is 1. The molecule has 0 radical (unpaired) electrons. The fourth-order valence-electron chi connectivity index (χ4n) is 1.38. The zero-order valence-corrected chi connectivity index (χ0v) is 11.5. The summed E-state index contributed by atoms with van der Waals surface area (Å²) < 4.78 is 5.49. The van der Waals surface area contributed by atoms with E-state index < -0.39 is 5.97 Å². The van der Waals surface area contributed by atoms with Crippen LogP contribution in [0.3, 0.4) is 0 Å². The van der Waals surface area contributed by atoms with Crippen molar-refractivity contribution >= 4 is 23.8 Å². The second-order valence-electron chi connectivity index (χ2n) is 3.75. The van der Waals surface area contributed by atoms with E-state index in [0.29, 0.717) is 11.3 Å². The van der Waals surface area contributed by atoms with Gasteiger partial charge in [0.15, 0.2) is 0 Å². The second-order valence-corrected chi connectivity index (χ2v) is 4.63. The number of ether oxygens (including phenoxy) is 1. The van der Waals surface area contributed by atoms with Gasteiger partial charge in [0.25, 0.3) is 0 Å². The summed E-state index contributed by atoms with van der Waals surface area (Å²) in [5.41, 5.74) is 0.595. The molecule has 2 rings (SSSR count). The predicted molar refractivity (Wildman–Crippen MR) is 77.0 cm³/mol. The highest BCUT2D eigenvalue weighted by molar-refractivity contribution is 7.98. The van der Waals surface area contributed by atoms with Gasteiger partial charge in [0.2, 0.25) is 0 Å². The highest BCUT2D eigenvalue weighted by Gasteiger charge is 2.00. The van der Waals surface area contributed by atoms with E-state index in [0.717, 1.165) is 11.0 Å². The molecule has 5 nitrogen and oxygen atoms in total. The number of carboxylic acids is 1. The highest BCUT2D eigenvalue weighted by atomic mass is 32.2. The molecule has 0 atom stereocenters. The van der Waals surface area contributed by atoms with Crippen LogP contribution in [0.25, 0.3) is 6.08 Å². The van der Waals surface area contributed by atoms with Crippen LogP contribution in [-0.2, 0) is 4.79 Å². The summed E-state index contributed by atoms with van der Waals surface area (Å²) in [4.78, 5) is 19.5. The van der Waals surface area contributed by atoms with Crippen molar-refractivity contribution in [2.24, 2.45) is 0 Å². The molecule has 1 N–H and O–H groups in total. The molecule has 0 aliphatic carbocycles. The molecule has 0 aliphatic heterocycles. The quantitative estimate of drug-likeness (QED) is 0.673. The lowest BCUT2D eigenvalue weighted by molar-refractivity contribution is -0.131. The lowest BCUT2D eigenvalue weighted by Gasteiger charge is -2.04. The average Bonchev–Trinajstić information content (AvgIpc) is 2.47. The molecule has 1 aromatic carbocycles. The number of aliphatic carboxylic acids is 1. The first-order chi connectivity index (χ1) is 9.67. The summed E-state index contributed by atoms with van der Waals surface area (Å²) in [7, 11) is 0. The van der Waals surface area contributed by atoms with Gasteiger partial charge in [-0.2, -0.15) is 0 Å². The summed E-state index contributed by atoms with van der Waals surface area (Å²) in [5, 5.41) is 8.51. The van der Waals surface area contributed by atoms with Crippen molar-refractivity contribution in [3.05, 3.63) is 48.3 Å². The topological polar surface area (TPSA) is 72.3 Å². The molecule has 0 aliphatic rings. The molecule has 20 heavy (non-hydrogen) atoms. The first-order valence-electron chi connectivity index (χ1n) is 5.72. The maximum atomic E-state index is 10.4. The Morgan fingerprint density at radius 2 is 1.90 bits per heavy atom. The van der Waals surface area contributed by atoms with Crippen LogP contribution in [0.1, 0.15) is 5.56 Å². The van der Waals surface area contributed by atoms with Gasteiger partial charge in [0, 0.05) is 28.9 Å². The van der Waals surface area contributed by atoms with E-state index >= 15 is 0 Å². The zero-order chi connectivity index (χ0) is 14.4. The van der Waals surface area contributed by atoms with E-state index in [4.69, 9.17) is 9.84 Å². The number of aromatic nitrogens is 2. The number of hydrogen-bond acceptors (Lipinski definition) is 5. The van der Waals surface area contributed by atoms with Crippen molar-refractivity contribution < 1.29 is 14.6 Å². The number of rotatable bonds is 5. The third kappa shape index (κ3) is 4.10. The smallest absolute Gasteiger partial charge is 0.328 e. The molecular weight excluding hydrogens is 276 g/mol. The number of hydrogen-bond donors (Lipinski definition) is 1. The number of benzene rings is 1. The minimum Gasteiger partial charge on any atom is -0.478 e. The number of carbonyl (C=O) groups is 1. The van der Waals surface area contributed by atoms with Crippen LogP contribution in [0.5, 0.6) is 11.8 Å². The summed E-state index contributed by atoms with van der Waals surface area (Å²) in [6.07, 6.45) is 7.44. The van der Waals surface area contributed by atoms with Gasteiger partial charge in [-0.1, -0.05) is 0 Å². The SMILES string of the molecule is CSc1ccc(Oc2ncc(/C=C/C(=O)O)cn2)cc1. The minimum absolute atomic E-state index is 0.217. The highest BCUT2D eigenvalue weighted by Crippen LogP contribution is 2.22. The summed E-state index contributed by atoms with van der Waals surface area (Å²) in [5.74, 6) is -0.365. The van der Waals surface area contributed by atoms with Crippen LogP contribution in [0.15, 0.2) is 47.6 Å². The van der Waals surface area contributed by atoms with E-state index in [-0.39, 0.29) is 6.01 Å². The molecule has 0 saturated carbocycles. The molecule has 0 saturated heterocycles. The fourth-order valence-corrected chi connectivity index (χ4v) is 1.79. The Morgan fingerprint density at radius 3 is 2.45 bits per heavy atom. The molecule has 0 spiro atoms. The molecule has 0 amide bonds. The molecule has 2 aromatic rings. The average molecular weight is 288 g/mol. The molecule has 0 bridgehead atoms. The van der Waals surface area contributed by atoms with Gasteiger partial charge in [-0.05, 0) is 36.6 Å². The van der Waals surface area contributed by atoms with Crippen molar-refractivity contribution in [1.29, 1.82) is 0 Å². The van der Waals surface area contributed by atoms with Gasteiger partial charge in [0.1, 0.15) is 5.75 Å². The largest absolute Gasteiger partial charge is 0.478 e. The van der Waals surface area contributed by atoms with Gasteiger partial charge in [-0.3, -0.25) is 0 Å². The van der Waals surface area contributed by atoms with Gasteiger partial charge in [-0.25, -0.2) is 14.8 Å². The first kappa shape index (κ1) is 14.1. The Bertz CT molecular complexity index is 609. The summed E-state index contributed by atoms with van der Waals surface area (Å²) in [6, 6.07) is 7.80. The third-order valence-electron chi connectivity index (χ3n) is 2.34. The van der Waals surface area contributed by atoms with E-state index in [1.807, 2.05) is 30.5 Å². The van der Waals surface area contributed by atoms with Crippen molar-refractivity contribution in [3.63, 3.8) is 0 Å². The van der Waals surface area contributed by atoms with Gasteiger partial charge in [-0.15, -0.1) is 11.8 Å². The van der Waals surface area contributed by atoms with Crippen molar-refractivity contribution in [1.82, 2.24) is 9.97 Å². The standard InChI is InChI=1S/C14H12N2O3S/c1-20-12-5-3-11(4-6-12)19-14-15-8-10(9-16-14)2-7-13(17)18/h2-9H,1H3,(H,17,18)/b7-2+. The Hall–Kier alpha value is -2.34. The van der Waals surface area contributed by atoms with Crippen LogP contribution in [0, 0.1) is 0 Å². The molecular formula is C14H12N2O3S. The van der Waals surface area contributed by atoms with Gasteiger partial charge in [0.05, 0.1) is 0 Å². The van der Waals surface area contributed by atoms with E-state index in [1.54, 1.807) is 11.8 Å². The van der Waals surface area contributed by atoms with Crippen molar-refractivity contribution in [2.45, 2.75) is 4.90 Å². The lowest BCUT2D eigenvalue weighted by Crippen LogP contribution is -1.92. The minimum atomic E-state index is -1.01. The molecule has 0 fully saturated rings. The third-order valence-corrected chi connectivity index (χ3v) is 3.08. The Kier molecular flexibility index (Phi) is 4.73. The molecule has 0 unspecified atom stereocenters. The number of nitrogens with zero attached hydrogens (tertiary/aromatic N) is 2. The number of thioether (sulfide) groups is 1. The van der Waals surface area contributed by atoms with E-state index in [2.05, 4.69) is 9.97 Å². The second kappa shape index (κ2) is 6.72. The monoisotopic (exact) mass is 288 g/mol. The Labute approximate surface area is 120 Å². The predicted octanol–water partition coefficient (Wildman–Crippen LogP) is 3.09. The van der Waals surface area contributed by atoms with Gasteiger partial charge < -0.3 is 9.84 Å². The van der Waals surface area contributed by atoms with Gasteiger partial charge >= 0.3 is 12.0 Å². The first-order valence-corrected chi connectivity index (χ1v) is 6.95.